The van der Waals surface area contributed by atoms with Crippen LogP contribution in [0.25, 0.3) is 0 Å². The molecule has 19 heavy (non-hydrogen) atoms. The van der Waals surface area contributed by atoms with Crippen molar-refractivity contribution in [3.63, 3.8) is 0 Å². The molecule has 0 bridgehead atoms. The molecular formula is C14H17N3O2. The SMILES string of the molecule is N#Cc1cccc(N2CCCC3(C2)OCCO3)c1N. The Kier molecular flexibility index (Phi) is 3.05. The van der Waals surface area contributed by atoms with Gasteiger partial charge in [-0.2, -0.15) is 5.26 Å². The van der Waals surface area contributed by atoms with Gasteiger partial charge in [-0.3, -0.25) is 0 Å². The second kappa shape index (κ2) is 4.72. The topological polar surface area (TPSA) is 71.5 Å². The molecule has 2 saturated heterocycles. The maximum atomic E-state index is 9.05. The molecule has 0 atom stereocenters. The van der Waals surface area contributed by atoms with Crippen LogP contribution in [0.3, 0.4) is 0 Å². The number of rotatable bonds is 1. The quantitative estimate of drug-likeness (QED) is 0.773. The molecule has 3 rings (SSSR count). The highest BCUT2D eigenvalue weighted by molar-refractivity contribution is 5.74. The van der Waals surface area contributed by atoms with Crippen LogP contribution in [0.4, 0.5) is 11.4 Å². The van der Waals surface area contributed by atoms with Crippen molar-refractivity contribution in [1.82, 2.24) is 0 Å². The molecule has 2 heterocycles. The van der Waals surface area contributed by atoms with E-state index in [0.29, 0.717) is 31.0 Å². The number of ether oxygens (including phenoxy) is 2. The van der Waals surface area contributed by atoms with E-state index in [2.05, 4.69) is 11.0 Å². The van der Waals surface area contributed by atoms with Crippen LogP contribution in [0.15, 0.2) is 18.2 Å². The van der Waals surface area contributed by atoms with Crippen LogP contribution in [-0.4, -0.2) is 32.1 Å². The number of benzene rings is 1. The average molecular weight is 259 g/mol. The lowest BCUT2D eigenvalue weighted by Gasteiger charge is -2.40. The molecule has 100 valence electrons. The number of para-hydroxylation sites is 1. The number of anilines is 2. The largest absolute Gasteiger partial charge is 0.396 e. The van der Waals surface area contributed by atoms with E-state index in [-0.39, 0.29) is 0 Å². The zero-order chi connectivity index (χ0) is 13.3. The summed E-state index contributed by atoms with van der Waals surface area (Å²) in [6, 6.07) is 7.67. The van der Waals surface area contributed by atoms with Crippen LogP contribution >= 0.6 is 0 Å². The minimum Gasteiger partial charge on any atom is -0.396 e. The van der Waals surface area contributed by atoms with Gasteiger partial charge in [-0.05, 0) is 18.6 Å². The number of hydrogen-bond donors (Lipinski definition) is 1. The maximum Gasteiger partial charge on any atom is 0.186 e. The summed E-state index contributed by atoms with van der Waals surface area (Å²) in [6.45, 7) is 2.89. The molecular weight excluding hydrogens is 242 g/mol. The molecule has 1 aromatic carbocycles. The van der Waals surface area contributed by atoms with E-state index in [0.717, 1.165) is 25.1 Å². The van der Waals surface area contributed by atoms with Crippen LogP contribution in [0, 0.1) is 11.3 Å². The molecule has 5 heteroatoms. The van der Waals surface area contributed by atoms with Crippen molar-refractivity contribution >= 4 is 11.4 Å². The number of nitrogens with zero attached hydrogens (tertiary/aromatic N) is 2. The Morgan fingerprint density at radius 1 is 1.32 bits per heavy atom. The van der Waals surface area contributed by atoms with Crippen molar-refractivity contribution in [2.24, 2.45) is 0 Å². The molecule has 0 aliphatic carbocycles. The molecule has 2 N–H and O–H groups in total. The zero-order valence-corrected chi connectivity index (χ0v) is 10.8. The predicted octanol–water partition coefficient (Wildman–Crippen LogP) is 1.48. The molecule has 2 aliphatic heterocycles. The zero-order valence-electron chi connectivity index (χ0n) is 10.8. The Hall–Kier alpha value is -1.77. The van der Waals surface area contributed by atoms with Crippen LogP contribution in [0.5, 0.6) is 0 Å². The number of nitrogen functional groups attached to an aromatic ring is 1. The summed E-state index contributed by atoms with van der Waals surface area (Å²) < 4.78 is 11.5. The van der Waals surface area contributed by atoms with E-state index in [1.165, 1.54) is 0 Å². The van der Waals surface area contributed by atoms with Crippen molar-refractivity contribution < 1.29 is 9.47 Å². The van der Waals surface area contributed by atoms with E-state index in [1.54, 1.807) is 6.07 Å². The van der Waals surface area contributed by atoms with Gasteiger partial charge in [-0.25, -0.2) is 0 Å². The second-order valence-electron chi connectivity index (χ2n) is 4.98. The van der Waals surface area contributed by atoms with Crippen LogP contribution in [0.2, 0.25) is 0 Å². The summed E-state index contributed by atoms with van der Waals surface area (Å²) in [4.78, 5) is 2.16. The minimum atomic E-state index is -0.479. The molecule has 5 nitrogen and oxygen atoms in total. The van der Waals surface area contributed by atoms with E-state index < -0.39 is 5.79 Å². The Morgan fingerprint density at radius 2 is 2.11 bits per heavy atom. The lowest BCUT2D eigenvalue weighted by Crippen LogP contribution is -2.49. The van der Waals surface area contributed by atoms with Gasteiger partial charge in [-0.1, -0.05) is 6.07 Å². The Bertz CT molecular complexity index is 518. The molecule has 1 spiro atoms. The third-order valence-electron chi connectivity index (χ3n) is 3.78. The first kappa shape index (κ1) is 12.3. The van der Waals surface area contributed by atoms with E-state index >= 15 is 0 Å². The van der Waals surface area contributed by atoms with E-state index in [9.17, 15) is 0 Å². The van der Waals surface area contributed by atoms with Crippen LogP contribution in [0.1, 0.15) is 18.4 Å². The van der Waals surface area contributed by atoms with E-state index in [1.807, 2.05) is 12.1 Å². The molecule has 0 saturated carbocycles. The molecule has 2 aliphatic rings. The van der Waals surface area contributed by atoms with Gasteiger partial charge in [0.15, 0.2) is 5.79 Å². The number of nitrogens with two attached hydrogens (primary N) is 1. The van der Waals surface area contributed by atoms with Crippen molar-refractivity contribution in [2.75, 3.05) is 36.9 Å². The number of hydrogen-bond acceptors (Lipinski definition) is 5. The average Bonchev–Trinajstić information content (AvgIpc) is 2.87. The summed E-state index contributed by atoms with van der Waals surface area (Å²) in [5, 5.41) is 9.05. The van der Waals surface area contributed by atoms with Gasteiger partial charge < -0.3 is 20.1 Å². The molecule has 0 amide bonds. The fraction of sp³-hybridized carbons (Fsp3) is 0.500. The van der Waals surface area contributed by atoms with Gasteiger partial charge in [0.05, 0.1) is 36.7 Å². The summed E-state index contributed by atoms with van der Waals surface area (Å²) in [5.74, 6) is -0.479. The maximum absolute atomic E-state index is 9.05. The molecule has 0 aromatic heterocycles. The minimum absolute atomic E-state index is 0.479. The monoisotopic (exact) mass is 259 g/mol. The third-order valence-corrected chi connectivity index (χ3v) is 3.78. The van der Waals surface area contributed by atoms with Gasteiger partial charge >= 0.3 is 0 Å². The molecule has 0 unspecified atom stereocenters. The Labute approximate surface area is 112 Å². The lowest BCUT2D eigenvalue weighted by atomic mass is 10.0. The normalized spacial score (nSPS) is 21.5. The highest BCUT2D eigenvalue weighted by Crippen LogP contribution is 2.35. The fourth-order valence-electron chi connectivity index (χ4n) is 2.85. The highest BCUT2D eigenvalue weighted by atomic mass is 16.7. The predicted molar refractivity (Wildman–Crippen MR) is 71.7 cm³/mol. The standard InChI is InChI=1S/C14H17N3O2/c15-9-11-3-1-4-12(13(11)16)17-6-2-5-14(10-17)18-7-8-19-14/h1,3-4H,2,5-8,10,16H2. The summed E-state index contributed by atoms with van der Waals surface area (Å²) in [7, 11) is 0. The third kappa shape index (κ3) is 2.14. The lowest BCUT2D eigenvalue weighted by molar-refractivity contribution is -0.161. The number of nitriles is 1. The van der Waals surface area contributed by atoms with Gasteiger partial charge in [-0.15, -0.1) is 0 Å². The van der Waals surface area contributed by atoms with Crippen LogP contribution in [-0.2, 0) is 9.47 Å². The van der Waals surface area contributed by atoms with Crippen molar-refractivity contribution in [3.05, 3.63) is 23.8 Å². The van der Waals surface area contributed by atoms with E-state index in [4.69, 9.17) is 20.5 Å². The Morgan fingerprint density at radius 3 is 2.84 bits per heavy atom. The first-order valence-electron chi connectivity index (χ1n) is 6.56. The Balaban J connectivity index is 1.88. The van der Waals surface area contributed by atoms with Gasteiger partial charge in [0.2, 0.25) is 0 Å². The molecule has 1 aromatic rings. The van der Waals surface area contributed by atoms with Crippen molar-refractivity contribution in [1.29, 1.82) is 5.26 Å². The second-order valence-corrected chi connectivity index (χ2v) is 4.98. The highest BCUT2D eigenvalue weighted by Gasteiger charge is 2.41. The number of piperidine rings is 1. The molecule has 2 fully saturated rings. The van der Waals surface area contributed by atoms with Gasteiger partial charge in [0.25, 0.3) is 0 Å². The first-order valence-corrected chi connectivity index (χ1v) is 6.56. The smallest absolute Gasteiger partial charge is 0.186 e. The molecule has 0 radical (unpaired) electrons. The van der Waals surface area contributed by atoms with Crippen LogP contribution < -0.4 is 10.6 Å². The van der Waals surface area contributed by atoms with Crippen molar-refractivity contribution in [2.45, 2.75) is 18.6 Å². The first-order chi connectivity index (χ1) is 9.24. The van der Waals surface area contributed by atoms with Gasteiger partial charge in [0.1, 0.15) is 6.07 Å². The fourth-order valence-corrected chi connectivity index (χ4v) is 2.85. The van der Waals surface area contributed by atoms with Gasteiger partial charge in [0, 0.05) is 13.0 Å². The summed E-state index contributed by atoms with van der Waals surface area (Å²) in [5.41, 5.74) is 8.03. The summed E-state index contributed by atoms with van der Waals surface area (Å²) in [6.07, 6.45) is 1.91. The summed E-state index contributed by atoms with van der Waals surface area (Å²) >= 11 is 0. The van der Waals surface area contributed by atoms with Crippen molar-refractivity contribution in [3.8, 4) is 6.07 Å².